The zero-order valence-corrected chi connectivity index (χ0v) is 18.6. The van der Waals surface area contributed by atoms with Crippen LogP contribution in [0, 0.1) is 5.92 Å². The van der Waals surface area contributed by atoms with Crippen LogP contribution in [0.1, 0.15) is 32.3 Å². The maximum absolute atomic E-state index is 12.9. The van der Waals surface area contributed by atoms with Gasteiger partial charge in [-0.1, -0.05) is 29.3 Å². The van der Waals surface area contributed by atoms with Crippen LogP contribution in [0.4, 0.5) is 0 Å². The van der Waals surface area contributed by atoms with Crippen molar-refractivity contribution in [2.45, 2.75) is 37.1 Å². The van der Waals surface area contributed by atoms with E-state index in [1.54, 1.807) is 24.3 Å². The number of piperidine rings is 1. The molecule has 0 bridgehead atoms. The Morgan fingerprint density at radius 2 is 1.76 bits per heavy atom. The lowest BCUT2D eigenvalue weighted by atomic mass is 9.91. The molecule has 1 aliphatic heterocycles. The van der Waals surface area contributed by atoms with Crippen LogP contribution in [-0.4, -0.2) is 36.7 Å². The molecule has 0 saturated carbocycles. The van der Waals surface area contributed by atoms with Crippen molar-refractivity contribution in [2.24, 2.45) is 5.92 Å². The van der Waals surface area contributed by atoms with Gasteiger partial charge in [0.1, 0.15) is 4.90 Å². The Bertz CT molecular complexity index is 969. The summed E-state index contributed by atoms with van der Waals surface area (Å²) in [5.41, 5.74) is -0.0981. The molecule has 1 fully saturated rings. The van der Waals surface area contributed by atoms with E-state index in [-0.39, 0.29) is 29.8 Å². The number of hydrogen-bond donors (Lipinski definition) is 1. The second-order valence-corrected chi connectivity index (χ2v) is 10.3. The van der Waals surface area contributed by atoms with E-state index in [9.17, 15) is 13.2 Å². The van der Waals surface area contributed by atoms with Crippen molar-refractivity contribution in [1.29, 1.82) is 0 Å². The predicted octanol–water partition coefficient (Wildman–Crippen LogP) is 3.84. The molecule has 0 unspecified atom stereocenters. The molecule has 1 aromatic heterocycles. The van der Waals surface area contributed by atoms with E-state index in [1.807, 2.05) is 13.8 Å². The van der Waals surface area contributed by atoms with Crippen LogP contribution in [0.15, 0.2) is 47.6 Å². The first-order chi connectivity index (χ1) is 13.6. The van der Waals surface area contributed by atoms with E-state index in [1.165, 1.54) is 22.8 Å². The largest absolute Gasteiger partial charge is 0.347 e. The minimum Gasteiger partial charge on any atom is -0.347 e. The third-order valence-electron chi connectivity index (χ3n) is 5.12. The average molecular weight is 456 g/mol. The molecule has 3 rings (SSSR count). The molecule has 29 heavy (non-hydrogen) atoms. The number of benzene rings is 1. The van der Waals surface area contributed by atoms with Gasteiger partial charge in [0.2, 0.25) is 15.9 Å². The number of rotatable bonds is 5. The summed E-state index contributed by atoms with van der Waals surface area (Å²) in [6.45, 7) is 4.26. The zero-order chi connectivity index (χ0) is 21.2. The first-order valence-electron chi connectivity index (χ1n) is 9.29. The molecule has 156 valence electrons. The molecule has 0 aliphatic carbocycles. The third kappa shape index (κ3) is 4.74. The fraction of sp³-hybridized carbons (Fsp3) is 0.400. The zero-order valence-electron chi connectivity index (χ0n) is 16.2. The lowest BCUT2D eigenvalue weighted by Gasteiger charge is -2.34. The van der Waals surface area contributed by atoms with Gasteiger partial charge in [-0.2, -0.15) is 4.31 Å². The number of carbonyl (C=O) groups excluding carboxylic acids is 1. The van der Waals surface area contributed by atoms with E-state index < -0.39 is 15.6 Å². The molecular formula is C20H23Cl2N3O3S. The summed E-state index contributed by atoms with van der Waals surface area (Å²) >= 11 is 12.6. The summed E-state index contributed by atoms with van der Waals surface area (Å²) in [6, 6.07) is 8.34. The minimum atomic E-state index is -3.60. The summed E-state index contributed by atoms with van der Waals surface area (Å²) in [5.74, 6) is -0.416. The molecule has 1 aliphatic rings. The van der Waals surface area contributed by atoms with Gasteiger partial charge in [-0.3, -0.25) is 9.78 Å². The first-order valence-corrected chi connectivity index (χ1v) is 11.5. The summed E-state index contributed by atoms with van der Waals surface area (Å²) in [6.07, 6.45) is 3.75. The van der Waals surface area contributed by atoms with Crippen LogP contribution in [0.25, 0.3) is 0 Å². The second kappa shape index (κ2) is 8.60. The third-order valence-corrected chi connectivity index (χ3v) is 7.63. The van der Waals surface area contributed by atoms with Crippen molar-refractivity contribution in [2.75, 3.05) is 13.1 Å². The average Bonchev–Trinajstić information content (AvgIpc) is 2.68. The summed E-state index contributed by atoms with van der Waals surface area (Å²) < 4.78 is 26.8. The highest BCUT2D eigenvalue weighted by Gasteiger charge is 2.35. The Balaban J connectivity index is 1.66. The van der Waals surface area contributed by atoms with Crippen molar-refractivity contribution in [3.05, 3.63) is 58.3 Å². The van der Waals surface area contributed by atoms with Gasteiger partial charge in [0.15, 0.2) is 0 Å². The first kappa shape index (κ1) is 22.0. The van der Waals surface area contributed by atoms with E-state index in [4.69, 9.17) is 23.2 Å². The van der Waals surface area contributed by atoms with Crippen LogP contribution in [0.3, 0.4) is 0 Å². The quantitative estimate of drug-likeness (QED) is 0.742. The molecule has 1 amide bonds. The number of carbonyl (C=O) groups is 1. The van der Waals surface area contributed by atoms with Crippen LogP contribution in [-0.2, 0) is 20.4 Å². The molecule has 0 spiro atoms. The number of hydrogen-bond acceptors (Lipinski definition) is 4. The van der Waals surface area contributed by atoms with E-state index in [2.05, 4.69) is 10.3 Å². The Morgan fingerprint density at radius 1 is 1.14 bits per heavy atom. The maximum Gasteiger partial charge on any atom is 0.244 e. The number of halogens is 2. The lowest BCUT2D eigenvalue weighted by molar-refractivity contribution is -0.127. The number of sulfonamides is 1. The van der Waals surface area contributed by atoms with Crippen molar-refractivity contribution in [3.8, 4) is 0 Å². The summed E-state index contributed by atoms with van der Waals surface area (Å²) in [4.78, 5) is 16.9. The topological polar surface area (TPSA) is 79.4 Å². The highest BCUT2D eigenvalue weighted by molar-refractivity contribution is 7.89. The monoisotopic (exact) mass is 455 g/mol. The smallest absolute Gasteiger partial charge is 0.244 e. The van der Waals surface area contributed by atoms with Crippen LogP contribution >= 0.6 is 23.2 Å². The molecular weight excluding hydrogens is 433 g/mol. The highest BCUT2D eigenvalue weighted by atomic mass is 35.5. The lowest BCUT2D eigenvalue weighted by Crippen LogP contribution is -2.48. The Hall–Kier alpha value is -1.67. The maximum atomic E-state index is 12.9. The van der Waals surface area contributed by atoms with Crippen molar-refractivity contribution in [1.82, 2.24) is 14.6 Å². The minimum absolute atomic E-state index is 0.135. The molecule has 6 nitrogen and oxygen atoms in total. The molecule has 2 aromatic rings. The molecule has 0 atom stereocenters. The normalized spacial score (nSPS) is 16.6. The second-order valence-electron chi connectivity index (χ2n) is 7.58. The molecule has 1 saturated heterocycles. The Labute approximate surface area is 181 Å². The number of nitrogens with one attached hydrogen (secondary N) is 1. The summed E-state index contributed by atoms with van der Waals surface area (Å²) in [5, 5.41) is 4.00. The van der Waals surface area contributed by atoms with Gasteiger partial charge in [-0.25, -0.2) is 8.42 Å². The Morgan fingerprint density at radius 3 is 2.31 bits per heavy atom. The SMILES string of the molecule is CC(C)(NC(=O)C1CCN(S(=O)(=O)c2cccnc2)CC1)c1c(Cl)cccc1Cl. The van der Waals surface area contributed by atoms with E-state index in [0.717, 1.165) is 0 Å². The number of aromatic nitrogens is 1. The molecule has 1 aromatic carbocycles. The molecule has 0 radical (unpaired) electrons. The summed E-state index contributed by atoms with van der Waals surface area (Å²) in [7, 11) is -3.60. The van der Waals surface area contributed by atoms with Crippen LogP contribution in [0.2, 0.25) is 10.0 Å². The van der Waals surface area contributed by atoms with Crippen LogP contribution in [0.5, 0.6) is 0 Å². The van der Waals surface area contributed by atoms with Gasteiger partial charge < -0.3 is 5.32 Å². The van der Waals surface area contributed by atoms with Crippen molar-refractivity contribution >= 4 is 39.1 Å². The van der Waals surface area contributed by atoms with Crippen molar-refractivity contribution < 1.29 is 13.2 Å². The number of nitrogens with zero attached hydrogens (tertiary/aromatic N) is 2. The molecule has 9 heteroatoms. The van der Waals surface area contributed by atoms with Crippen molar-refractivity contribution in [3.63, 3.8) is 0 Å². The highest BCUT2D eigenvalue weighted by Crippen LogP contribution is 2.34. The van der Waals surface area contributed by atoms with Gasteiger partial charge in [-0.15, -0.1) is 0 Å². The van der Waals surface area contributed by atoms with Gasteiger partial charge in [0, 0.05) is 47.0 Å². The fourth-order valence-corrected chi connectivity index (χ4v) is 5.88. The molecule has 1 N–H and O–H groups in total. The standard InChI is InChI=1S/C20H23Cl2N3O3S/c1-20(2,18-16(21)6-3-7-17(18)22)24-19(26)14-8-11-25(12-9-14)29(27,28)15-5-4-10-23-13-15/h3-7,10,13-14H,8-9,11-12H2,1-2H3,(H,24,26). The number of pyridine rings is 1. The predicted molar refractivity (Wildman–Crippen MR) is 113 cm³/mol. The van der Waals surface area contributed by atoms with E-state index in [0.29, 0.717) is 28.5 Å². The fourth-order valence-electron chi connectivity index (χ4n) is 3.57. The van der Waals surface area contributed by atoms with Crippen LogP contribution < -0.4 is 5.32 Å². The van der Waals surface area contributed by atoms with Gasteiger partial charge in [0.25, 0.3) is 0 Å². The van der Waals surface area contributed by atoms with E-state index >= 15 is 0 Å². The van der Waals surface area contributed by atoms with Gasteiger partial charge >= 0.3 is 0 Å². The molecule has 2 heterocycles. The van der Waals surface area contributed by atoms with Gasteiger partial charge in [-0.05, 0) is 51.0 Å². The van der Waals surface area contributed by atoms with Gasteiger partial charge in [0.05, 0.1) is 5.54 Å². The number of amides is 1. The Kier molecular flexibility index (Phi) is 6.53.